The molecular weight excluding hydrogens is 487 g/mol. The van der Waals surface area contributed by atoms with E-state index in [1.165, 1.54) is 13.3 Å². The summed E-state index contributed by atoms with van der Waals surface area (Å²) in [7, 11) is 1.50. The van der Waals surface area contributed by atoms with Crippen LogP contribution in [0.3, 0.4) is 0 Å². The highest BCUT2D eigenvalue weighted by Crippen LogP contribution is 2.21. The van der Waals surface area contributed by atoms with Gasteiger partial charge in [-0.05, 0) is 42.0 Å². The van der Waals surface area contributed by atoms with Gasteiger partial charge in [0.25, 0.3) is 0 Å². The van der Waals surface area contributed by atoms with Crippen molar-refractivity contribution < 1.29 is 17.9 Å². The van der Waals surface area contributed by atoms with Crippen LogP contribution in [0.1, 0.15) is 5.56 Å². The van der Waals surface area contributed by atoms with Crippen LogP contribution in [0.2, 0.25) is 0 Å². The lowest BCUT2D eigenvalue weighted by atomic mass is 10.1. The van der Waals surface area contributed by atoms with E-state index in [0.29, 0.717) is 22.2 Å². The number of hydrogen-bond donors (Lipinski definition) is 1. The van der Waals surface area contributed by atoms with Gasteiger partial charge in [0.05, 0.1) is 25.5 Å². The monoisotopic (exact) mass is 505 g/mol. The van der Waals surface area contributed by atoms with E-state index >= 15 is 0 Å². The van der Waals surface area contributed by atoms with Gasteiger partial charge in [-0.15, -0.1) is 0 Å². The maximum atomic E-state index is 13.9. The molecular formula is C26H18F3N5O3. The summed E-state index contributed by atoms with van der Waals surface area (Å²) in [5.41, 5.74) is -1.16. The summed E-state index contributed by atoms with van der Waals surface area (Å²) in [5.74, 6) is -4.06. The van der Waals surface area contributed by atoms with Crippen LogP contribution < -0.4 is 21.4 Å². The molecule has 2 heterocycles. The van der Waals surface area contributed by atoms with Crippen molar-refractivity contribution in [3.8, 4) is 11.4 Å². The van der Waals surface area contributed by atoms with Gasteiger partial charge in [0, 0.05) is 22.7 Å². The predicted molar refractivity (Wildman–Crippen MR) is 131 cm³/mol. The molecule has 8 nitrogen and oxygen atoms in total. The Morgan fingerprint density at radius 2 is 1.65 bits per heavy atom. The summed E-state index contributed by atoms with van der Waals surface area (Å²) in [6.45, 7) is -0.420. The minimum Gasteiger partial charge on any atom is -0.497 e. The number of benzene rings is 3. The van der Waals surface area contributed by atoms with Crippen molar-refractivity contribution >= 4 is 22.4 Å². The summed E-state index contributed by atoms with van der Waals surface area (Å²) < 4.78 is 48.4. The highest BCUT2D eigenvalue weighted by molar-refractivity contribution is 5.89. The highest BCUT2D eigenvalue weighted by Gasteiger charge is 2.19. The first-order chi connectivity index (χ1) is 17.9. The van der Waals surface area contributed by atoms with Crippen molar-refractivity contribution in [1.29, 1.82) is 0 Å². The van der Waals surface area contributed by atoms with Crippen LogP contribution in [0, 0.1) is 17.5 Å². The van der Waals surface area contributed by atoms with Crippen LogP contribution in [0.15, 0.2) is 82.6 Å². The van der Waals surface area contributed by atoms with Gasteiger partial charge in [0.2, 0.25) is 5.95 Å². The van der Waals surface area contributed by atoms with Gasteiger partial charge in [-0.1, -0.05) is 24.3 Å². The van der Waals surface area contributed by atoms with Crippen LogP contribution in [0.5, 0.6) is 5.75 Å². The van der Waals surface area contributed by atoms with Crippen molar-refractivity contribution in [2.75, 3.05) is 12.4 Å². The molecule has 1 N–H and O–H groups in total. The van der Waals surface area contributed by atoms with Crippen LogP contribution >= 0.6 is 0 Å². The minimum atomic E-state index is -1.63. The Morgan fingerprint density at radius 3 is 2.35 bits per heavy atom. The molecule has 0 aliphatic rings. The van der Waals surface area contributed by atoms with E-state index in [0.717, 1.165) is 21.3 Å². The number of methoxy groups -OCH3 is 1. The Morgan fingerprint density at radius 1 is 0.946 bits per heavy atom. The molecule has 186 valence electrons. The van der Waals surface area contributed by atoms with Crippen LogP contribution in [-0.4, -0.2) is 26.2 Å². The Kier molecular flexibility index (Phi) is 6.18. The van der Waals surface area contributed by atoms with Gasteiger partial charge in [-0.25, -0.2) is 27.3 Å². The molecule has 0 aliphatic carbocycles. The normalized spacial score (nSPS) is 11.0. The molecule has 5 rings (SSSR count). The second kappa shape index (κ2) is 9.61. The van der Waals surface area contributed by atoms with E-state index in [1.807, 2.05) is 0 Å². The average molecular weight is 505 g/mol. The predicted octanol–water partition coefficient (Wildman–Crippen LogP) is 4.16. The number of hydrogen-bond acceptors (Lipinski definition) is 6. The molecule has 5 aromatic rings. The van der Waals surface area contributed by atoms with E-state index in [9.17, 15) is 22.8 Å². The Hall–Kier alpha value is -4.93. The largest absolute Gasteiger partial charge is 0.497 e. The van der Waals surface area contributed by atoms with Crippen molar-refractivity contribution in [2.24, 2.45) is 0 Å². The van der Waals surface area contributed by atoms with Gasteiger partial charge in [0.1, 0.15) is 5.75 Å². The number of nitrogens with one attached hydrogen (secondary N) is 1. The summed E-state index contributed by atoms with van der Waals surface area (Å²) in [5, 5.41) is 4.14. The molecule has 0 spiro atoms. The first kappa shape index (κ1) is 23.8. The van der Waals surface area contributed by atoms with Gasteiger partial charge >= 0.3 is 11.4 Å². The van der Waals surface area contributed by atoms with E-state index in [2.05, 4.69) is 15.3 Å². The molecule has 0 unspecified atom stereocenters. The van der Waals surface area contributed by atoms with Crippen LogP contribution in [0.25, 0.3) is 16.5 Å². The second-order valence-electron chi connectivity index (χ2n) is 8.03. The summed E-state index contributed by atoms with van der Waals surface area (Å²) >= 11 is 0. The number of anilines is 2. The van der Waals surface area contributed by atoms with Crippen molar-refractivity contribution in [3.63, 3.8) is 0 Å². The molecule has 0 bridgehead atoms. The number of ether oxygens (including phenoxy) is 1. The molecule has 0 amide bonds. The fourth-order valence-electron chi connectivity index (χ4n) is 3.90. The zero-order valence-corrected chi connectivity index (χ0v) is 19.3. The molecule has 0 saturated carbocycles. The van der Waals surface area contributed by atoms with E-state index in [4.69, 9.17) is 4.74 Å². The average Bonchev–Trinajstić information content (AvgIpc) is 2.90. The minimum absolute atomic E-state index is 0.0562. The molecule has 37 heavy (non-hydrogen) atoms. The maximum absolute atomic E-state index is 13.9. The summed E-state index contributed by atoms with van der Waals surface area (Å²) in [6.07, 6.45) is 2.93. The number of rotatable bonds is 6. The van der Waals surface area contributed by atoms with Crippen molar-refractivity contribution in [3.05, 3.63) is 117 Å². The van der Waals surface area contributed by atoms with Crippen LogP contribution in [0.4, 0.5) is 24.8 Å². The number of pyridine rings is 1. The topological polar surface area (TPSA) is 91.0 Å². The Bertz CT molecular complexity index is 1720. The lowest BCUT2D eigenvalue weighted by Crippen LogP contribution is -2.42. The van der Waals surface area contributed by atoms with E-state index in [-0.39, 0.29) is 17.2 Å². The van der Waals surface area contributed by atoms with E-state index in [1.54, 1.807) is 54.7 Å². The fourth-order valence-corrected chi connectivity index (χ4v) is 3.90. The summed E-state index contributed by atoms with van der Waals surface area (Å²) in [4.78, 5) is 35.0. The van der Waals surface area contributed by atoms with E-state index < -0.39 is 35.4 Å². The van der Waals surface area contributed by atoms with Gasteiger partial charge < -0.3 is 10.1 Å². The number of fused-ring (bicyclic) bond motifs is 1. The third-order valence-electron chi connectivity index (χ3n) is 5.69. The maximum Gasteiger partial charge on any atom is 0.359 e. The van der Waals surface area contributed by atoms with Gasteiger partial charge in [-0.2, -0.15) is 4.98 Å². The second-order valence-corrected chi connectivity index (χ2v) is 8.03. The smallest absolute Gasteiger partial charge is 0.359 e. The fraction of sp³-hybridized carbons (Fsp3) is 0.0769. The summed E-state index contributed by atoms with van der Waals surface area (Å²) in [6, 6.07) is 15.1. The lowest BCUT2D eigenvalue weighted by Gasteiger charge is -2.16. The standard InChI is InChI=1S/C26H18F3N5O3/c1-37-18-8-6-17(7-9-18)31-24-32-25(35)34(22-13-30-12-16-4-2-3-5-19(16)22)26(36)33(24)14-15-10-20(27)23(29)21(28)11-15/h2-13H,14H2,1H3,(H,31,32,35). The van der Waals surface area contributed by atoms with Gasteiger partial charge in [0.15, 0.2) is 17.5 Å². The molecule has 0 atom stereocenters. The molecule has 11 heteroatoms. The Balaban J connectivity index is 1.71. The number of nitrogens with zero attached hydrogens (tertiary/aromatic N) is 4. The third-order valence-corrected chi connectivity index (χ3v) is 5.69. The first-order valence-corrected chi connectivity index (χ1v) is 11.0. The van der Waals surface area contributed by atoms with Crippen molar-refractivity contribution in [2.45, 2.75) is 6.54 Å². The quantitative estimate of drug-likeness (QED) is 0.349. The number of halogens is 3. The molecule has 0 saturated heterocycles. The third kappa shape index (κ3) is 4.54. The van der Waals surface area contributed by atoms with Crippen LogP contribution in [-0.2, 0) is 6.54 Å². The molecule has 3 aromatic carbocycles. The SMILES string of the molecule is COc1ccc(Nc2nc(=O)n(-c3cncc4ccccc34)c(=O)n2Cc2cc(F)c(F)c(F)c2)cc1. The molecule has 0 fully saturated rings. The zero-order chi connectivity index (χ0) is 26.1. The lowest BCUT2D eigenvalue weighted by molar-refractivity contribution is 0.415. The van der Waals surface area contributed by atoms with Crippen molar-refractivity contribution in [1.82, 2.24) is 19.1 Å². The highest BCUT2D eigenvalue weighted by atomic mass is 19.2. The molecule has 0 aliphatic heterocycles. The zero-order valence-electron chi connectivity index (χ0n) is 19.3. The molecule has 2 aromatic heterocycles. The molecule has 0 radical (unpaired) electrons. The first-order valence-electron chi connectivity index (χ1n) is 11.0. The van der Waals surface area contributed by atoms with Gasteiger partial charge in [-0.3, -0.25) is 9.55 Å². The number of aromatic nitrogens is 4. The Labute approximate surface area is 207 Å².